The minimum Gasteiger partial charge on any atom is -0.450 e. The average molecular weight is 591 g/mol. The van der Waals surface area contributed by atoms with Crippen molar-refractivity contribution in [3.05, 3.63) is 115 Å². The van der Waals surface area contributed by atoms with E-state index in [2.05, 4.69) is 24.0 Å². The summed E-state index contributed by atoms with van der Waals surface area (Å²) in [7, 11) is 0. The summed E-state index contributed by atoms with van der Waals surface area (Å²) in [5.41, 5.74) is 3.19. The molecule has 0 saturated carbocycles. The number of amides is 2. The number of rotatable bonds is 5. The summed E-state index contributed by atoms with van der Waals surface area (Å²) in [4.78, 5) is 47.1. The molecule has 4 heterocycles. The molecule has 5 aromatic rings. The maximum absolute atomic E-state index is 15.1. The van der Waals surface area contributed by atoms with E-state index in [4.69, 9.17) is 4.42 Å². The van der Waals surface area contributed by atoms with E-state index in [1.54, 1.807) is 17.0 Å². The zero-order valence-electron chi connectivity index (χ0n) is 24.6. The van der Waals surface area contributed by atoms with Crippen molar-refractivity contribution >= 4 is 44.9 Å². The summed E-state index contributed by atoms with van der Waals surface area (Å²) in [5, 5.41) is 10.1. The van der Waals surface area contributed by atoms with E-state index in [-0.39, 0.29) is 23.0 Å². The van der Waals surface area contributed by atoms with E-state index in [0.29, 0.717) is 34.6 Å². The van der Waals surface area contributed by atoms with Gasteiger partial charge in [-0.05, 0) is 61.6 Å². The topological polar surface area (TPSA) is 96.6 Å². The monoisotopic (exact) mass is 590 g/mol. The third-order valence-corrected chi connectivity index (χ3v) is 9.36. The lowest BCUT2D eigenvalue weighted by Gasteiger charge is -2.32. The van der Waals surface area contributed by atoms with Gasteiger partial charge < -0.3 is 9.32 Å². The van der Waals surface area contributed by atoms with E-state index in [1.165, 1.54) is 16.2 Å². The van der Waals surface area contributed by atoms with E-state index in [1.807, 2.05) is 69.3 Å². The van der Waals surface area contributed by atoms with Crippen LogP contribution in [0, 0.1) is 26.7 Å². The van der Waals surface area contributed by atoms with Gasteiger partial charge in [-0.15, -0.1) is 10.2 Å². The Balaban J connectivity index is 1.53. The number of carbonyl (C=O) groups is 2. The summed E-state index contributed by atoms with van der Waals surface area (Å²) in [5.74, 6) is -0.806. The molecule has 1 spiro atoms. The molecule has 0 aliphatic carbocycles. The van der Waals surface area contributed by atoms with E-state index in [0.717, 1.165) is 27.3 Å². The third-order valence-electron chi connectivity index (χ3n) is 8.43. The lowest BCUT2D eigenvalue weighted by atomic mass is 9.84. The maximum Gasteiger partial charge on any atom is 0.297 e. The Hall–Kier alpha value is -4.63. The van der Waals surface area contributed by atoms with E-state index in [9.17, 15) is 9.59 Å². The molecule has 0 bridgehead atoms. The van der Waals surface area contributed by atoms with Gasteiger partial charge in [0.25, 0.3) is 11.8 Å². The van der Waals surface area contributed by atoms with Crippen LogP contribution in [0.2, 0.25) is 0 Å². The predicted molar refractivity (Wildman–Crippen MR) is 167 cm³/mol. The second-order valence-electron chi connectivity index (χ2n) is 11.9. The van der Waals surface area contributed by atoms with Crippen molar-refractivity contribution in [2.75, 3.05) is 9.80 Å². The highest BCUT2D eigenvalue weighted by molar-refractivity contribution is 7.15. The minimum atomic E-state index is -1.80. The van der Waals surface area contributed by atoms with Crippen LogP contribution in [0.15, 0.2) is 69.9 Å². The smallest absolute Gasteiger partial charge is 0.297 e. The number of fused-ring (bicyclic) bond motifs is 5. The molecule has 8 nitrogen and oxygen atoms in total. The molecule has 2 amide bonds. The Bertz CT molecular complexity index is 2030. The molecule has 1 unspecified atom stereocenters. The Morgan fingerprint density at radius 1 is 0.930 bits per heavy atom. The number of para-hydroxylation sites is 1. The quantitative estimate of drug-likeness (QED) is 0.241. The molecular formula is C34H30N4O4S. The van der Waals surface area contributed by atoms with Crippen molar-refractivity contribution in [2.24, 2.45) is 5.92 Å². The van der Waals surface area contributed by atoms with Gasteiger partial charge in [-0.2, -0.15) is 0 Å². The van der Waals surface area contributed by atoms with E-state index < -0.39 is 22.8 Å². The van der Waals surface area contributed by atoms with Crippen LogP contribution in [0.5, 0.6) is 0 Å². The van der Waals surface area contributed by atoms with Crippen LogP contribution in [0.1, 0.15) is 62.8 Å². The summed E-state index contributed by atoms with van der Waals surface area (Å²) in [6.07, 6.45) is 0.670. The number of hydrogen-bond acceptors (Lipinski definition) is 7. The Morgan fingerprint density at radius 2 is 1.65 bits per heavy atom. The Kier molecular flexibility index (Phi) is 6.14. The summed E-state index contributed by atoms with van der Waals surface area (Å²) in [6.45, 7) is 10.3. The predicted octanol–water partition coefficient (Wildman–Crippen LogP) is 6.22. The molecule has 2 aliphatic heterocycles. The van der Waals surface area contributed by atoms with Crippen LogP contribution >= 0.6 is 11.3 Å². The van der Waals surface area contributed by atoms with Crippen molar-refractivity contribution in [2.45, 2.75) is 53.1 Å². The molecule has 2 aromatic heterocycles. The highest BCUT2D eigenvalue weighted by Gasteiger charge is 2.66. The maximum atomic E-state index is 15.1. The molecule has 0 radical (unpaired) electrons. The zero-order chi connectivity index (χ0) is 30.2. The fourth-order valence-electron chi connectivity index (χ4n) is 6.22. The number of anilines is 2. The fraction of sp³-hybridized carbons (Fsp3) is 0.265. The highest BCUT2D eigenvalue weighted by atomic mass is 32.1. The van der Waals surface area contributed by atoms with Gasteiger partial charge in [0, 0.05) is 12.0 Å². The zero-order valence-corrected chi connectivity index (χ0v) is 25.4. The van der Waals surface area contributed by atoms with Gasteiger partial charge in [0.15, 0.2) is 11.0 Å². The molecule has 0 fully saturated rings. The Labute approximate surface area is 252 Å². The summed E-state index contributed by atoms with van der Waals surface area (Å²) >= 11 is 1.26. The van der Waals surface area contributed by atoms with Crippen LogP contribution in [0.25, 0.3) is 11.0 Å². The number of carbonyl (C=O) groups excluding carboxylic acids is 2. The number of aromatic nitrogens is 2. The average Bonchev–Trinajstić information content (AvgIpc) is 3.60. The fourth-order valence-corrected chi connectivity index (χ4v) is 7.32. The third kappa shape index (κ3) is 3.91. The first-order chi connectivity index (χ1) is 20.6. The molecule has 9 heteroatoms. The lowest BCUT2D eigenvalue weighted by Crippen LogP contribution is -2.53. The van der Waals surface area contributed by atoms with Crippen LogP contribution in [0.4, 0.5) is 10.8 Å². The highest BCUT2D eigenvalue weighted by Crippen LogP contribution is 2.54. The van der Waals surface area contributed by atoms with E-state index >= 15 is 4.79 Å². The molecule has 2 aliphatic rings. The first-order valence-electron chi connectivity index (χ1n) is 14.3. The molecular weight excluding hydrogens is 560 g/mol. The summed E-state index contributed by atoms with van der Waals surface area (Å²) in [6, 6.07) is 18.9. The first kappa shape index (κ1) is 27.2. The Morgan fingerprint density at radius 3 is 2.40 bits per heavy atom. The molecule has 216 valence electrons. The van der Waals surface area contributed by atoms with Gasteiger partial charge in [-0.25, -0.2) is 0 Å². The SMILES string of the molecule is Cc1ccc(CN2C(=O)C3(c4ccccc42)c2c(oc4cc(C)c(C)cc4c2=O)C(=O)N3c2nnc(CC(C)C)s2)cc1. The summed E-state index contributed by atoms with van der Waals surface area (Å²) < 4.78 is 6.27. The van der Waals surface area contributed by atoms with Crippen molar-refractivity contribution < 1.29 is 14.0 Å². The van der Waals surface area contributed by atoms with Gasteiger partial charge in [-0.3, -0.25) is 19.3 Å². The van der Waals surface area contributed by atoms with Crippen LogP contribution in [-0.2, 0) is 23.3 Å². The van der Waals surface area contributed by atoms with Crippen molar-refractivity contribution in [3.63, 3.8) is 0 Å². The largest absolute Gasteiger partial charge is 0.450 e. The van der Waals surface area contributed by atoms with Crippen molar-refractivity contribution in [1.29, 1.82) is 0 Å². The number of nitrogens with zero attached hydrogens (tertiary/aromatic N) is 4. The molecule has 0 saturated heterocycles. The second kappa shape index (κ2) is 9.70. The van der Waals surface area contributed by atoms with Gasteiger partial charge in [0.2, 0.25) is 10.9 Å². The van der Waals surface area contributed by atoms with Gasteiger partial charge in [0.1, 0.15) is 10.6 Å². The number of aryl methyl sites for hydroxylation is 3. The van der Waals surface area contributed by atoms with Gasteiger partial charge in [0.05, 0.1) is 23.2 Å². The minimum absolute atomic E-state index is 0.0257. The second-order valence-corrected chi connectivity index (χ2v) is 12.9. The number of hydrogen-bond donors (Lipinski definition) is 0. The molecule has 1 atom stereocenters. The van der Waals surface area contributed by atoms with Gasteiger partial charge >= 0.3 is 0 Å². The standard InChI is InChI=1S/C34H30N4O4S/c1-18(2)14-27-35-36-33(43-27)38-31(40)30-28(29(39)23-15-20(4)21(5)16-26(23)42-30)34(38)24-8-6-7-9-25(24)37(32(34)41)17-22-12-10-19(3)11-13-22/h6-13,15-16,18H,14,17H2,1-5H3. The van der Waals surface area contributed by atoms with Crippen LogP contribution in [-0.4, -0.2) is 22.0 Å². The van der Waals surface area contributed by atoms with Crippen LogP contribution < -0.4 is 15.2 Å². The molecule has 3 aromatic carbocycles. The van der Waals surface area contributed by atoms with Crippen LogP contribution in [0.3, 0.4) is 0 Å². The van der Waals surface area contributed by atoms with Gasteiger partial charge in [-0.1, -0.05) is 73.2 Å². The first-order valence-corrected chi connectivity index (χ1v) is 15.2. The molecule has 7 rings (SSSR count). The van der Waals surface area contributed by atoms with Crippen molar-refractivity contribution in [1.82, 2.24) is 10.2 Å². The lowest BCUT2D eigenvalue weighted by molar-refractivity contribution is -0.121. The molecule has 43 heavy (non-hydrogen) atoms. The van der Waals surface area contributed by atoms with Crippen molar-refractivity contribution in [3.8, 4) is 0 Å². The normalized spacial score (nSPS) is 17.5. The molecule has 0 N–H and O–H groups in total. The number of benzene rings is 3.